The van der Waals surface area contributed by atoms with E-state index >= 15 is 0 Å². The summed E-state index contributed by atoms with van der Waals surface area (Å²) in [6.45, 7) is 6.12. The van der Waals surface area contributed by atoms with Gasteiger partial charge in [-0.25, -0.2) is 4.98 Å². The van der Waals surface area contributed by atoms with Crippen LogP contribution in [0.15, 0.2) is 17.3 Å². The summed E-state index contributed by atoms with van der Waals surface area (Å²) in [5, 5.41) is 13.0. The lowest BCUT2D eigenvalue weighted by molar-refractivity contribution is -0.113. The van der Waals surface area contributed by atoms with Crippen LogP contribution in [0, 0.1) is 20.8 Å². The fourth-order valence-electron chi connectivity index (χ4n) is 3.92. The van der Waals surface area contributed by atoms with Crippen LogP contribution in [0.1, 0.15) is 55.1 Å². The average molecular weight is 416 g/mol. The Morgan fingerprint density at radius 2 is 2.00 bits per heavy atom. The molecule has 1 aromatic carbocycles. The van der Waals surface area contributed by atoms with E-state index in [0.717, 1.165) is 26.8 Å². The first kappa shape index (κ1) is 19.4. The first-order chi connectivity index (χ1) is 13.5. The molecule has 1 N–H and O–H groups in total. The number of rotatable bonds is 5. The molecule has 148 valence electrons. The molecular formula is C20H25N5OS2. The van der Waals surface area contributed by atoms with Crippen LogP contribution in [0.4, 0.5) is 5.13 Å². The van der Waals surface area contributed by atoms with Gasteiger partial charge in [-0.1, -0.05) is 48.4 Å². The summed E-state index contributed by atoms with van der Waals surface area (Å²) in [4.78, 5) is 17.1. The zero-order valence-corrected chi connectivity index (χ0v) is 18.1. The number of carbonyl (C=O) groups excluding carboxylic acids is 1. The SMILES string of the molecule is Cc1cc(C)c2nc(NC(=O)CSc3nnc(C)n3C3CCCCC3)sc2c1. The zero-order valence-electron chi connectivity index (χ0n) is 16.5. The molecule has 0 aliphatic heterocycles. The molecule has 28 heavy (non-hydrogen) atoms. The van der Waals surface area contributed by atoms with Gasteiger partial charge in [-0.05, 0) is 50.8 Å². The van der Waals surface area contributed by atoms with Gasteiger partial charge in [0.25, 0.3) is 0 Å². The lowest BCUT2D eigenvalue weighted by atomic mass is 9.95. The van der Waals surface area contributed by atoms with Crippen molar-refractivity contribution in [3.63, 3.8) is 0 Å². The van der Waals surface area contributed by atoms with Crippen molar-refractivity contribution in [2.75, 3.05) is 11.1 Å². The molecule has 2 aromatic heterocycles. The number of hydrogen-bond donors (Lipinski definition) is 1. The van der Waals surface area contributed by atoms with Gasteiger partial charge in [-0.15, -0.1) is 10.2 Å². The molecule has 2 heterocycles. The maximum atomic E-state index is 12.5. The van der Waals surface area contributed by atoms with Crippen molar-refractivity contribution in [3.05, 3.63) is 29.1 Å². The molecule has 8 heteroatoms. The third-order valence-electron chi connectivity index (χ3n) is 5.18. The van der Waals surface area contributed by atoms with E-state index in [0.29, 0.717) is 16.9 Å². The Morgan fingerprint density at radius 1 is 1.21 bits per heavy atom. The van der Waals surface area contributed by atoms with Crippen molar-refractivity contribution in [2.24, 2.45) is 0 Å². The Hall–Kier alpha value is -1.93. The molecule has 0 spiro atoms. The van der Waals surface area contributed by atoms with E-state index < -0.39 is 0 Å². The molecule has 1 aliphatic carbocycles. The number of nitrogens with one attached hydrogen (secondary N) is 1. The van der Waals surface area contributed by atoms with Crippen LogP contribution in [0.2, 0.25) is 0 Å². The standard InChI is InChI=1S/C20H25N5OS2/c1-12-9-13(2)18-16(10-12)28-19(22-18)21-17(26)11-27-20-24-23-14(3)25(20)15-7-5-4-6-8-15/h9-10,15H,4-8,11H2,1-3H3,(H,21,22,26). The molecule has 4 rings (SSSR count). The van der Waals surface area contributed by atoms with Gasteiger partial charge in [-0.2, -0.15) is 0 Å². The monoisotopic (exact) mass is 415 g/mol. The van der Waals surface area contributed by atoms with Gasteiger partial charge in [0.1, 0.15) is 5.82 Å². The number of amides is 1. The zero-order chi connectivity index (χ0) is 19.7. The second-order valence-corrected chi connectivity index (χ2v) is 9.45. The Morgan fingerprint density at radius 3 is 2.79 bits per heavy atom. The van der Waals surface area contributed by atoms with Crippen molar-refractivity contribution >= 4 is 44.4 Å². The fourth-order valence-corrected chi connectivity index (χ4v) is 5.83. The molecule has 0 unspecified atom stereocenters. The minimum atomic E-state index is -0.0609. The molecule has 1 fully saturated rings. The van der Waals surface area contributed by atoms with Crippen LogP contribution < -0.4 is 5.32 Å². The largest absolute Gasteiger partial charge is 0.303 e. The van der Waals surface area contributed by atoms with E-state index in [2.05, 4.69) is 51.0 Å². The highest BCUT2D eigenvalue weighted by Crippen LogP contribution is 2.33. The molecule has 0 atom stereocenters. The Labute approximate surface area is 173 Å². The summed E-state index contributed by atoms with van der Waals surface area (Å²) in [6.07, 6.45) is 6.16. The topological polar surface area (TPSA) is 72.7 Å². The molecule has 6 nitrogen and oxygen atoms in total. The lowest BCUT2D eigenvalue weighted by Crippen LogP contribution is -2.17. The van der Waals surface area contributed by atoms with Gasteiger partial charge in [0, 0.05) is 6.04 Å². The number of thiazole rings is 1. The highest BCUT2D eigenvalue weighted by Gasteiger charge is 2.22. The quantitative estimate of drug-likeness (QED) is 0.590. The molecule has 1 amide bonds. The van der Waals surface area contributed by atoms with Gasteiger partial charge in [-0.3, -0.25) is 4.79 Å². The smallest absolute Gasteiger partial charge is 0.236 e. The number of anilines is 1. The molecule has 3 aromatic rings. The summed E-state index contributed by atoms with van der Waals surface area (Å²) in [5.41, 5.74) is 3.31. The lowest BCUT2D eigenvalue weighted by Gasteiger charge is -2.24. The summed E-state index contributed by atoms with van der Waals surface area (Å²) >= 11 is 2.98. The summed E-state index contributed by atoms with van der Waals surface area (Å²) in [6, 6.07) is 4.69. The number of carbonyl (C=O) groups is 1. The number of benzene rings is 1. The fraction of sp³-hybridized carbons (Fsp3) is 0.500. The molecule has 0 bridgehead atoms. The summed E-state index contributed by atoms with van der Waals surface area (Å²) < 4.78 is 3.33. The van der Waals surface area contributed by atoms with Crippen molar-refractivity contribution in [2.45, 2.75) is 64.1 Å². The number of aryl methyl sites for hydroxylation is 3. The van der Waals surface area contributed by atoms with Crippen LogP contribution in [0.3, 0.4) is 0 Å². The predicted octanol–water partition coefficient (Wildman–Crippen LogP) is 5.05. The normalized spacial score (nSPS) is 15.2. The minimum Gasteiger partial charge on any atom is -0.303 e. The maximum Gasteiger partial charge on any atom is 0.236 e. The van der Waals surface area contributed by atoms with E-state index in [9.17, 15) is 4.79 Å². The summed E-state index contributed by atoms with van der Waals surface area (Å²) in [7, 11) is 0. The van der Waals surface area contributed by atoms with E-state index in [1.807, 2.05) is 6.92 Å². The van der Waals surface area contributed by atoms with E-state index in [-0.39, 0.29) is 5.91 Å². The maximum absolute atomic E-state index is 12.5. The van der Waals surface area contributed by atoms with Gasteiger partial charge in [0.2, 0.25) is 5.91 Å². The van der Waals surface area contributed by atoms with E-state index in [4.69, 9.17) is 0 Å². The molecule has 0 radical (unpaired) electrons. The molecular weight excluding hydrogens is 390 g/mol. The van der Waals surface area contributed by atoms with Crippen LogP contribution in [0.5, 0.6) is 0 Å². The highest BCUT2D eigenvalue weighted by molar-refractivity contribution is 7.99. The van der Waals surface area contributed by atoms with Crippen LogP contribution in [-0.4, -0.2) is 31.4 Å². The highest BCUT2D eigenvalue weighted by atomic mass is 32.2. The van der Waals surface area contributed by atoms with Gasteiger partial charge in [0.15, 0.2) is 10.3 Å². The van der Waals surface area contributed by atoms with Gasteiger partial charge >= 0.3 is 0 Å². The number of nitrogens with zero attached hydrogens (tertiary/aromatic N) is 4. The van der Waals surface area contributed by atoms with Gasteiger partial charge < -0.3 is 9.88 Å². The number of aromatic nitrogens is 4. The number of thioether (sulfide) groups is 1. The van der Waals surface area contributed by atoms with E-state index in [1.54, 1.807) is 0 Å². The van der Waals surface area contributed by atoms with E-state index in [1.165, 1.54) is 60.8 Å². The third kappa shape index (κ3) is 4.07. The molecule has 1 saturated carbocycles. The minimum absolute atomic E-state index is 0.0609. The first-order valence-electron chi connectivity index (χ1n) is 9.73. The second-order valence-electron chi connectivity index (χ2n) is 7.48. The number of hydrogen-bond acceptors (Lipinski definition) is 6. The van der Waals surface area contributed by atoms with Crippen LogP contribution in [0.25, 0.3) is 10.2 Å². The second kappa shape index (κ2) is 8.21. The first-order valence-corrected chi connectivity index (χ1v) is 11.5. The van der Waals surface area contributed by atoms with Crippen molar-refractivity contribution in [3.8, 4) is 0 Å². The van der Waals surface area contributed by atoms with Crippen LogP contribution in [-0.2, 0) is 4.79 Å². The summed E-state index contributed by atoms with van der Waals surface area (Å²) in [5.74, 6) is 1.18. The van der Waals surface area contributed by atoms with Crippen molar-refractivity contribution < 1.29 is 4.79 Å². The van der Waals surface area contributed by atoms with Crippen molar-refractivity contribution in [1.82, 2.24) is 19.7 Å². The third-order valence-corrected chi connectivity index (χ3v) is 7.04. The Kier molecular flexibility index (Phi) is 5.68. The Balaban J connectivity index is 1.42. The van der Waals surface area contributed by atoms with Crippen LogP contribution >= 0.6 is 23.1 Å². The number of fused-ring (bicyclic) bond motifs is 1. The van der Waals surface area contributed by atoms with Crippen molar-refractivity contribution in [1.29, 1.82) is 0 Å². The van der Waals surface area contributed by atoms with Gasteiger partial charge in [0.05, 0.1) is 16.0 Å². The molecule has 1 aliphatic rings. The Bertz CT molecular complexity index is 1000. The predicted molar refractivity (Wildman–Crippen MR) is 115 cm³/mol. The average Bonchev–Trinajstić information content (AvgIpc) is 3.23. The molecule has 0 saturated heterocycles.